The van der Waals surface area contributed by atoms with Crippen LogP contribution in [0, 0.1) is 6.92 Å². The molecule has 2 rings (SSSR count). The van der Waals surface area contributed by atoms with Gasteiger partial charge in [0.15, 0.2) is 5.82 Å². The van der Waals surface area contributed by atoms with Crippen LogP contribution in [0.2, 0.25) is 0 Å². The lowest BCUT2D eigenvalue weighted by Crippen LogP contribution is -2.29. The molecule has 0 spiro atoms. The Balaban J connectivity index is 2.20. The van der Waals surface area contributed by atoms with Gasteiger partial charge in [0, 0.05) is 12.7 Å². The Morgan fingerprint density at radius 3 is 2.79 bits per heavy atom. The van der Waals surface area contributed by atoms with Gasteiger partial charge in [-0.3, -0.25) is 4.79 Å². The SMILES string of the molecule is Cc1cccc(N)c1C(=O)NC(C)c1nncn1C. The van der Waals surface area contributed by atoms with E-state index in [9.17, 15) is 4.79 Å². The van der Waals surface area contributed by atoms with Crippen molar-refractivity contribution in [2.24, 2.45) is 7.05 Å². The number of nitrogen functional groups attached to an aromatic ring is 1. The minimum atomic E-state index is -0.237. The Bertz CT molecular complexity index is 585. The van der Waals surface area contributed by atoms with E-state index in [0.29, 0.717) is 17.1 Å². The highest BCUT2D eigenvalue weighted by atomic mass is 16.1. The summed E-state index contributed by atoms with van der Waals surface area (Å²) in [4.78, 5) is 12.3. The van der Waals surface area contributed by atoms with E-state index < -0.39 is 0 Å². The Morgan fingerprint density at radius 1 is 1.47 bits per heavy atom. The lowest BCUT2D eigenvalue weighted by molar-refractivity contribution is 0.0938. The van der Waals surface area contributed by atoms with Crippen LogP contribution in [0.4, 0.5) is 5.69 Å². The van der Waals surface area contributed by atoms with Gasteiger partial charge in [-0.2, -0.15) is 0 Å². The fourth-order valence-electron chi connectivity index (χ4n) is 2.02. The topological polar surface area (TPSA) is 85.8 Å². The highest BCUT2D eigenvalue weighted by Crippen LogP contribution is 2.17. The van der Waals surface area contributed by atoms with E-state index in [-0.39, 0.29) is 11.9 Å². The molecule has 6 nitrogen and oxygen atoms in total. The van der Waals surface area contributed by atoms with Gasteiger partial charge >= 0.3 is 0 Å². The number of carbonyl (C=O) groups excluding carboxylic acids is 1. The van der Waals surface area contributed by atoms with Gasteiger partial charge in [-0.1, -0.05) is 12.1 Å². The largest absolute Gasteiger partial charge is 0.398 e. The van der Waals surface area contributed by atoms with Crippen LogP contribution >= 0.6 is 0 Å². The van der Waals surface area contributed by atoms with E-state index in [4.69, 9.17) is 5.73 Å². The summed E-state index contributed by atoms with van der Waals surface area (Å²) in [7, 11) is 1.83. The zero-order valence-corrected chi connectivity index (χ0v) is 11.2. The molecule has 19 heavy (non-hydrogen) atoms. The average molecular weight is 259 g/mol. The molecule has 0 saturated heterocycles. The van der Waals surface area contributed by atoms with Crippen LogP contribution in [-0.2, 0) is 7.05 Å². The molecule has 0 fully saturated rings. The molecule has 1 atom stereocenters. The Morgan fingerprint density at radius 2 is 2.21 bits per heavy atom. The molecular formula is C13H17N5O. The molecule has 0 aliphatic rings. The third-order valence-corrected chi connectivity index (χ3v) is 3.01. The molecule has 3 N–H and O–H groups in total. The predicted octanol–water partition coefficient (Wildman–Crippen LogP) is 1.20. The molecular weight excluding hydrogens is 242 g/mol. The lowest BCUT2D eigenvalue weighted by atomic mass is 10.1. The van der Waals surface area contributed by atoms with Crippen LogP contribution < -0.4 is 11.1 Å². The number of rotatable bonds is 3. The van der Waals surface area contributed by atoms with E-state index in [2.05, 4.69) is 15.5 Å². The van der Waals surface area contributed by atoms with Crippen LogP contribution in [0.25, 0.3) is 0 Å². The summed E-state index contributed by atoms with van der Waals surface area (Å²) in [5.41, 5.74) is 7.69. The molecule has 1 unspecified atom stereocenters. The van der Waals surface area contributed by atoms with E-state index in [0.717, 1.165) is 5.56 Å². The van der Waals surface area contributed by atoms with Crippen molar-refractivity contribution in [2.75, 3.05) is 5.73 Å². The molecule has 2 aromatic rings. The summed E-state index contributed by atoms with van der Waals surface area (Å²) in [6, 6.07) is 5.17. The van der Waals surface area contributed by atoms with Crippen molar-refractivity contribution in [1.29, 1.82) is 0 Å². The molecule has 100 valence electrons. The summed E-state index contributed by atoms with van der Waals surface area (Å²) in [6.07, 6.45) is 1.60. The van der Waals surface area contributed by atoms with Gasteiger partial charge in [0.1, 0.15) is 6.33 Å². The van der Waals surface area contributed by atoms with Gasteiger partial charge in [0.2, 0.25) is 0 Å². The number of anilines is 1. The number of amides is 1. The minimum absolute atomic E-state index is 0.203. The smallest absolute Gasteiger partial charge is 0.254 e. The highest BCUT2D eigenvalue weighted by molar-refractivity contribution is 6.00. The Hall–Kier alpha value is -2.37. The second kappa shape index (κ2) is 5.09. The Kier molecular flexibility index (Phi) is 3.50. The van der Waals surface area contributed by atoms with Crippen LogP contribution in [0.5, 0.6) is 0 Å². The number of benzene rings is 1. The second-order valence-corrected chi connectivity index (χ2v) is 4.53. The standard InChI is InChI=1S/C13H17N5O/c1-8-5-4-6-10(14)11(8)13(19)16-9(2)12-17-15-7-18(12)3/h4-7,9H,14H2,1-3H3,(H,16,19). The number of hydrogen-bond acceptors (Lipinski definition) is 4. The summed E-state index contributed by atoms with van der Waals surface area (Å²) in [6.45, 7) is 3.72. The van der Waals surface area contributed by atoms with Crippen molar-refractivity contribution in [1.82, 2.24) is 20.1 Å². The zero-order chi connectivity index (χ0) is 14.0. The zero-order valence-electron chi connectivity index (χ0n) is 11.2. The van der Waals surface area contributed by atoms with Crippen LogP contribution in [0.3, 0.4) is 0 Å². The van der Waals surface area contributed by atoms with Crippen molar-refractivity contribution >= 4 is 11.6 Å². The summed E-state index contributed by atoms with van der Waals surface area (Å²) in [5, 5.41) is 10.6. The molecule has 0 aliphatic carbocycles. The minimum Gasteiger partial charge on any atom is -0.398 e. The van der Waals surface area contributed by atoms with Gasteiger partial charge in [-0.05, 0) is 25.5 Å². The third-order valence-electron chi connectivity index (χ3n) is 3.01. The molecule has 0 saturated carbocycles. The molecule has 0 radical (unpaired) electrons. The molecule has 1 aromatic carbocycles. The quantitative estimate of drug-likeness (QED) is 0.811. The van der Waals surface area contributed by atoms with E-state index in [1.165, 1.54) is 0 Å². The second-order valence-electron chi connectivity index (χ2n) is 4.53. The lowest BCUT2D eigenvalue weighted by Gasteiger charge is -2.15. The average Bonchev–Trinajstić information content (AvgIpc) is 2.75. The maximum Gasteiger partial charge on any atom is 0.254 e. The van der Waals surface area contributed by atoms with E-state index in [1.807, 2.05) is 33.0 Å². The fraction of sp³-hybridized carbons (Fsp3) is 0.308. The highest BCUT2D eigenvalue weighted by Gasteiger charge is 2.18. The van der Waals surface area contributed by atoms with Crippen LogP contribution in [-0.4, -0.2) is 20.7 Å². The first-order valence-corrected chi connectivity index (χ1v) is 6.00. The normalized spacial score (nSPS) is 12.2. The number of nitrogens with one attached hydrogen (secondary N) is 1. The van der Waals surface area contributed by atoms with Crippen molar-refractivity contribution < 1.29 is 4.79 Å². The van der Waals surface area contributed by atoms with Crippen LogP contribution in [0.15, 0.2) is 24.5 Å². The van der Waals surface area contributed by atoms with E-state index >= 15 is 0 Å². The van der Waals surface area contributed by atoms with Crippen molar-refractivity contribution in [3.05, 3.63) is 41.5 Å². The first-order chi connectivity index (χ1) is 9.00. The maximum atomic E-state index is 12.3. The van der Waals surface area contributed by atoms with Crippen molar-refractivity contribution in [2.45, 2.75) is 19.9 Å². The number of aromatic nitrogens is 3. The Labute approximate surface area is 111 Å². The molecule has 0 bridgehead atoms. The first-order valence-electron chi connectivity index (χ1n) is 6.00. The number of nitrogens with zero attached hydrogens (tertiary/aromatic N) is 3. The first kappa shape index (κ1) is 13.1. The van der Waals surface area contributed by atoms with Gasteiger partial charge in [0.25, 0.3) is 5.91 Å². The number of carbonyl (C=O) groups is 1. The molecule has 6 heteroatoms. The summed E-state index contributed by atoms with van der Waals surface area (Å²) >= 11 is 0. The summed E-state index contributed by atoms with van der Waals surface area (Å²) < 4.78 is 1.77. The van der Waals surface area contributed by atoms with Gasteiger partial charge in [0.05, 0.1) is 11.6 Å². The monoisotopic (exact) mass is 259 g/mol. The molecule has 1 heterocycles. The summed E-state index contributed by atoms with van der Waals surface area (Å²) in [5.74, 6) is 0.492. The molecule has 0 aliphatic heterocycles. The fourth-order valence-corrected chi connectivity index (χ4v) is 2.02. The molecule has 1 aromatic heterocycles. The van der Waals surface area contributed by atoms with Crippen molar-refractivity contribution in [3.8, 4) is 0 Å². The van der Waals surface area contributed by atoms with Gasteiger partial charge in [-0.15, -0.1) is 10.2 Å². The maximum absolute atomic E-state index is 12.3. The van der Waals surface area contributed by atoms with Crippen LogP contribution in [0.1, 0.15) is 34.7 Å². The number of nitrogens with two attached hydrogens (primary N) is 1. The third kappa shape index (κ3) is 2.57. The number of aryl methyl sites for hydroxylation is 2. The predicted molar refractivity (Wildman–Crippen MR) is 72.5 cm³/mol. The molecule has 1 amide bonds. The van der Waals surface area contributed by atoms with Gasteiger partial charge < -0.3 is 15.6 Å². The van der Waals surface area contributed by atoms with Gasteiger partial charge in [-0.25, -0.2) is 0 Å². The van der Waals surface area contributed by atoms with E-state index in [1.54, 1.807) is 17.0 Å². The van der Waals surface area contributed by atoms with Crippen molar-refractivity contribution in [3.63, 3.8) is 0 Å². The number of hydrogen-bond donors (Lipinski definition) is 2.